The van der Waals surface area contributed by atoms with Crippen molar-refractivity contribution in [3.8, 4) is 0 Å². The molecule has 3 nitrogen and oxygen atoms in total. The van der Waals surface area contributed by atoms with Crippen LogP contribution in [0, 0.1) is 0 Å². The molecular formula is C17H19N3S2. The van der Waals surface area contributed by atoms with Gasteiger partial charge in [-0.15, -0.1) is 22.7 Å². The van der Waals surface area contributed by atoms with Crippen LogP contribution in [-0.2, 0) is 19.6 Å². The smallest absolute Gasteiger partial charge is 0.0795 e. The molecule has 22 heavy (non-hydrogen) atoms. The van der Waals surface area contributed by atoms with Crippen LogP contribution in [0.25, 0.3) is 0 Å². The van der Waals surface area contributed by atoms with Crippen molar-refractivity contribution in [2.75, 3.05) is 12.4 Å². The van der Waals surface area contributed by atoms with Crippen molar-refractivity contribution >= 4 is 28.4 Å². The van der Waals surface area contributed by atoms with Crippen molar-refractivity contribution < 1.29 is 0 Å². The lowest BCUT2D eigenvalue weighted by Gasteiger charge is -2.16. The minimum atomic E-state index is 0.885. The molecule has 0 atom stereocenters. The third-order valence-electron chi connectivity index (χ3n) is 3.34. The Morgan fingerprint density at radius 1 is 1.18 bits per heavy atom. The van der Waals surface area contributed by atoms with Gasteiger partial charge in [0.1, 0.15) is 0 Å². The Labute approximate surface area is 139 Å². The third kappa shape index (κ3) is 4.40. The molecule has 3 rings (SSSR count). The van der Waals surface area contributed by atoms with Gasteiger partial charge in [-0.1, -0.05) is 18.2 Å². The molecule has 0 aliphatic carbocycles. The van der Waals surface area contributed by atoms with E-state index in [9.17, 15) is 0 Å². The molecule has 0 saturated heterocycles. The summed E-state index contributed by atoms with van der Waals surface area (Å²) in [6.07, 6.45) is 0. The van der Waals surface area contributed by atoms with E-state index in [2.05, 4.69) is 69.4 Å². The average Bonchev–Trinajstić information content (AvgIpc) is 3.18. The molecule has 2 aromatic heterocycles. The van der Waals surface area contributed by atoms with Crippen LogP contribution in [0.1, 0.15) is 16.1 Å². The monoisotopic (exact) mass is 329 g/mol. The summed E-state index contributed by atoms with van der Waals surface area (Å²) in [6.45, 7) is 2.69. The Kier molecular flexibility index (Phi) is 5.21. The highest BCUT2D eigenvalue weighted by molar-refractivity contribution is 7.09. The van der Waals surface area contributed by atoms with Crippen molar-refractivity contribution in [3.05, 3.63) is 68.8 Å². The van der Waals surface area contributed by atoms with Crippen LogP contribution in [0.4, 0.5) is 5.69 Å². The molecule has 2 heterocycles. The first-order chi connectivity index (χ1) is 10.8. The predicted molar refractivity (Wildman–Crippen MR) is 95.4 cm³/mol. The number of thiophene rings is 1. The second kappa shape index (κ2) is 7.54. The molecular weight excluding hydrogens is 310 g/mol. The van der Waals surface area contributed by atoms with E-state index in [1.807, 2.05) is 5.51 Å². The maximum atomic E-state index is 4.34. The molecule has 0 saturated carbocycles. The first-order valence-electron chi connectivity index (χ1n) is 7.20. The topological polar surface area (TPSA) is 28.2 Å². The molecule has 0 spiro atoms. The first-order valence-corrected chi connectivity index (χ1v) is 9.02. The average molecular weight is 329 g/mol. The summed E-state index contributed by atoms with van der Waals surface area (Å²) in [5.74, 6) is 0. The molecule has 1 aromatic carbocycles. The Morgan fingerprint density at radius 2 is 2.14 bits per heavy atom. The minimum absolute atomic E-state index is 0.885. The van der Waals surface area contributed by atoms with Crippen molar-refractivity contribution in [3.63, 3.8) is 0 Å². The summed E-state index contributed by atoms with van der Waals surface area (Å²) in [4.78, 5) is 7.98. The maximum absolute atomic E-state index is 4.34. The molecule has 5 heteroatoms. The van der Waals surface area contributed by atoms with Gasteiger partial charge >= 0.3 is 0 Å². The standard InChI is InChI=1S/C17H19N3S2/c1-20(11-16-12-21-13-19-16)10-14-4-2-5-15(8-14)18-9-17-6-3-7-22-17/h2-8,12-13,18H,9-11H2,1H3. The van der Waals surface area contributed by atoms with Gasteiger partial charge in [-0.25, -0.2) is 4.98 Å². The van der Waals surface area contributed by atoms with Crippen molar-refractivity contribution in [1.29, 1.82) is 0 Å². The summed E-state index contributed by atoms with van der Waals surface area (Å²) >= 11 is 3.43. The zero-order chi connectivity index (χ0) is 15.2. The number of aromatic nitrogens is 1. The van der Waals surface area contributed by atoms with E-state index in [4.69, 9.17) is 0 Å². The normalized spacial score (nSPS) is 11.0. The lowest BCUT2D eigenvalue weighted by atomic mass is 10.2. The van der Waals surface area contributed by atoms with Crippen LogP contribution in [0.15, 0.2) is 52.7 Å². The molecule has 3 aromatic rings. The van der Waals surface area contributed by atoms with Gasteiger partial charge in [-0.05, 0) is 36.2 Å². The minimum Gasteiger partial charge on any atom is -0.380 e. The van der Waals surface area contributed by atoms with E-state index in [1.165, 1.54) is 16.1 Å². The molecule has 0 radical (unpaired) electrons. The molecule has 0 aliphatic rings. The summed E-state index contributed by atoms with van der Waals surface area (Å²) in [6, 6.07) is 12.9. The summed E-state index contributed by atoms with van der Waals surface area (Å²) in [7, 11) is 2.13. The predicted octanol–water partition coefficient (Wildman–Crippen LogP) is 4.45. The van der Waals surface area contributed by atoms with Crippen LogP contribution < -0.4 is 5.32 Å². The molecule has 1 N–H and O–H groups in total. The fourth-order valence-electron chi connectivity index (χ4n) is 2.34. The van der Waals surface area contributed by atoms with E-state index in [0.717, 1.165) is 25.3 Å². The van der Waals surface area contributed by atoms with E-state index < -0.39 is 0 Å². The highest BCUT2D eigenvalue weighted by Crippen LogP contribution is 2.16. The largest absolute Gasteiger partial charge is 0.380 e. The fourth-order valence-corrected chi connectivity index (χ4v) is 3.54. The van der Waals surface area contributed by atoms with Gasteiger partial charge in [-0.2, -0.15) is 0 Å². The van der Waals surface area contributed by atoms with Gasteiger partial charge in [0.15, 0.2) is 0 Å². The number of nitrogens with zero attached hydrogens (tertiary/aromatic N) is 2. The quantitative estimate of drug-likeness (QED) is 0.694. The van der Waals surface area contributed by atoms with Crippen molar-refractivity contribution in [2.24, 2.45) is 0 Å². The molecule has 0 amide bonds. The SMILES string of the molecule is CN(Cc1cccc(NCc2cccs2)c1)Cc1cscn1. The van der Waals surface area contributed by atoms with Crippen LogP contribution in [0.2, 0.25) is 0 Å². The van der Waals surface area contributed by atoms with Gasteiger partial charge in [-0.3, -0.25) is 4.90 Å². The summed E-state index contributed by atoms with van der Waals surface area (Å²) < 4.78 is 0. The molecule has 0 fully saturated rings. The van der Waals surface area contributed by atoms with Gasteiger partial charge < -0.3 is 5.32 Å². The first kappa shape index (κ1) is 15.2. The zero-order valence-corrected chi connectivity index (χ0v) is 14.2. The molecule has 0 bridgehead atoms. The third-order valence-corrected chi connectivity index (χ3v) is 4.85. The van der Waals surface area contributed by atoms with Crippen LogP contribution >= 0.6 is 22.7 Å². The van der Waals surface area contributed by atoms with Crippen molar-refractivity contribution in [2.45, 2.75) is 19.6 Å². The van der Waals surface area contributed by atoms with E-state index in [1.54, 1.807) is 22.7 Å². The second-order valence-corrected chi connectivity index (χ2v) is 7.04. The van der Waals surface area contributed by atoms with Crippen LogP contribution in [-0.4, -0.2) is 16.9 Å². The van der Waals surface area contributed by atoms with Crippen LogP contribution in [0.3, 0.4) is 0 Å². The lowest BCUT2D eigenvalue weighted by Crippen LogP contribution is -2.17. The van der Waals surface area contributed by atoms with Gasteiger partial charge in [0.05, 0.1) is 11.2 Å². The summed E-state index contributed by atoms with van der Waals surface area (Å²) in [5, 5.41) is 7.71. The number of hydrogen-bond acceptors (Lipinski definition) is 5. The highest BCUT2D eigenvalue weighted by Gasteiger charge is 2.04. The van der Waals surface area contributed by atoms with E-state index in [0.29, 0.717) is 0 Å². The number of hydrogen-bond donors (Lipinski definition) is 1. The molecule has 0 unspecified atom stereocenters. The zero-order valence-electron chi connectivity index (χ0n) is 12.5. The Hall–Kier alpha value is -1.69. The number of benzene rings is 1. The maximum Gasteiger partial charge on any atom is 0.0795 e. The Bertz CT molecular complexity index is 678. The van der Waals surface area contributed by atoms with Gasteiger partial charge in [0, 0.05) is 35.6 Å². The van der Waals surface area contributed by atoms with Crippen molar-refractivity contribution in [1.82, 2.24) is 9.88 Å². The highest BCUT2D eigenvalue weighted by atomic mass is 32.1. The van der Waals surface area contributed by atoms with Gasteiger partial charge in [0.2, 0.25) is 0 Å². The fraction of sp³-hybridized carbons (Fsp3) is 0.235. The number of thiazole rings is 1. The molecule has 114 valence electrons. The Balaban J connectivity index is 1.56. The Morgan fingerprint density at radius 3 is 2.91 bits per heavy atom. The number of nitrogens with one attached hydrogen (secondary N) is 1. The summed E-state index contributed by atoms with van der Waals surface area (Å²) in [5.41, 5.74) is 5.51. The number of anilines is 1. The van der Waals surface area contributed by atoms with Gasteiger partial charge in [0.25, 0.3) is 0 Å². The number of rotatable bonds is 7. The lowest BCUT2D eigenvalue weighted by molar-refractivity contribution is 0.316. The molecule has 0 aliphatic heterocycles. The second-order valence-electron chi connectivity index (χ2n) is 5.29. The van der Waals surface area contributed by atoms with Crippen LogP contribution in [0.5, 0.6) is 0 Å². The van der Waals surface area contributed by atoms with E-state index in [-0.39, 0.29) is 0 Å². The van der Waals surface area contributed by atoms with E-state index >= 15 is 0 Å².